The lowest BCUT2D eigenvalue weighted by atomic mass is 9.75. The van der Waals surface area contributed by atoms with Gasteiger partial charge in [-0.15, -0.1) is 0 Å². The van der Waals surface area contributed by atoms with Crippen molar-refractivity contribution in [2.24, 2.45) is 5.92 Å². The Bertz CT molecular complexity index is 1380. The molecule has 0 radical (unpaired) electrons. The molecule has 4 atom stereocenters. The van der Waals surface area contributed by atoms with E-state index in [0.717, 1.165) is 40.7 Å². The van der Waals surface area contributed by atoms with Gasteiger partial charge in [0.25, 0.3) is 0 Å². The molecule has 5 rings (SSSR count). The first-order chi connectivity index (χ1) is 20.3. The van der Waals surface area contributed by atoms with E-state index >= 15 is 0 Å². The van der Waals surface area contributed by atoms with Crippen LogP contribution in [0.3, 0.4) is 0 Å². The Hall–Kier alpha value is -4.17. The summed E-state index contributed by atoms with van der Waals surface area (Å²) in [6, 6.07) is 24.3. The summed E-state index contributed by atoms with van der Waals surface area (Å²) >= 11 is 0. The number of carbonyl (C=O) groups excluding carboxylic acids is 2. The summed E-state index contributed by atoms with van der Waals surface area (Å²) in [7, 11) is 0. The molecule has 0 aliphatic heterocycles. The molecule has 2 aliphatic rings. The van der Waals surface area contributed by atoms with Gasteiger partial charge < -0.3 is 25.2 Å². The highest BCUT2D eigenvalue weighted by molar-refractivity contribution is 5.93. The summed E-state index contributed by atoms with van der Waals surface area (Å²) in [5.74, 6) is -1.69. The van der Waals surface area contributed by atoms with Gasteiger partial charge in [0.2, 0.25) is 5.91 Å². The van der Waals surface area contributed by atoms with E-state index in [9.17, 15) is 19.5 Å². The molecule has 42 heavy (non-hydrogen) atoms. The fraction of sp³-hybridized carbons (Fsp3) is 0.382. The molecule has 0 heterocycles. The predicted octanol–water partition coefficient (Wildman–Crippen LogP) is 5.65. The van der Waals surface area contributed by atoms with Gasteiger partial charge in [0.05, 0.1) is 12.7 Å². The standard InChI is InChI=1S/C34H38N2O6/c1-22-11-10-18-34(19-22,32(39)35-30(31(37)38)23(2)41-20-24-12-4-3-5-13-24)36-33(40)42-21-29-27-16-8-6-14-25(27)26-15-7-9-17-28(26)29/h3-9,12-17,22-23,29-30H,10-11,18-21H2,1-2H3,(H,35,39)(H,36,40)(H,37,38)/t22?,23-,30+,34?/m1/s1. The van der Waals surface area contributed by atoms with Gasteiger partial charge in [0, 0.05) is 5.92 Å². The first-order valence-corrected chi connectivity index (χ1v) is 14.6. The maximum absolute atomic E-state index is 13.8. The zero-order valence-electron chi connectivity index (χ0n) is 24.0. The summed E-state index contributed by atoms with van der Waals surface area (Å²) in [5.41, 5.74) is 4.06. The van der Waals surface area contributed by atoms with Gasteiger partial charge in [0.1, 0.15) is 12.1 Å². The Balaban J connectivity index is 1.27. The van der Waals surface area contributed by atoms with Crippen molar-refractivity contribution < 1.29 is 29.0 Å². The number of aliphatic carboxylic acids is 1. The van der Waals surface area contributed by atoms with Crippen molar-refractivity contribution in [2.75, 3.05) is 6.61 Å². The van der Waals surface area contributed by atoms with Crippen LogP contribution in [0.25, 0.3) is 11.1 Å². The monoisotopic (exact) mass is 570 g/mol. The molecule has 8 heteroatoms. The predicted molar refractivity (Wildman–Crippen MR) is 159 cm³/mol. The normalized spacial score (nSPS) is 21.0. The van der Waals surface area contributed by atoms with Crippen LogP contribution in [-0.4, -0.2) is 47.4 Å². The first-order valence-electron chi connectivity index (χ1n) is 14.6. The Morgan fingerprint density at radius 1 is 0.952 bits per heavy atom. The third-order valence-electron chi connectivity index (χ3n) is 8.49. The van der Waals surface area contributed by atoms with Crippen molar-refractivity contribution in [3.05, 3.63) is 95.6 Å². The molecule has 3 aromatic rings. The number of benzene rings is 3. The first kappa shape index (κ1) is 29.3. The van der Waals surface area contributed by atoms with E-state index in [-0.39, 0.29) is 25.0 Å². The van der Waals surface area contributed by atoms with Gasteiger partial charge in [-0.05, 0) is 53.5 Å². The number of hydrogen-bond acceptors (Lipinski definition) is 5. The highest BCUT2D eigenvalue weighted by Gasteiger charge is 2.45. The summed E-state index contributed by atoms with van der Waals surface area (Å²) in [5, 5.41) is 15.5. The van der Waals surface area contributed by atoms with Crippen LogP contribution in [0, 0.1) is 5.92 Å². The number of hydrogen-bond donors (Lipinski definition) is 3. The van der Waals surface area contributed by atoms with Gasteiger partial charge in [-0.25, -0.2) is 9.59 Å². The Morgan fingerprint density at radius 3 is 2.19 bits per heavy atom. The van der Waals surface area contributed by atoms with Crippen LogP contribution in [0.2, 0.25) is 0 Å². The Kier molecular flexibility index (Phi) is 8.92. The second-order valence-electron chi connectivity index (χ2n) is 11.5. The highest BCUT2D eigenvalue weighted by Crippen LogP contribution is 2.44. The van der Waals surface area contributed by atoms with Crippen LogP contribution < -0.4 is 10.6 Å². The second kappa shape index (κ2) is 12.8. The molecule has 1 fully saturated rings. The number of ether oxygens (including phenoxy) is 2. The quantitative estimate of drug-likeness (QED) is 0.290. The lowest BCUT2D eigenvalue weighted by Crippen LogP contribution is -2.64. The average molecular weight is 571 g/mol. The molecular formula is C34H38N2O6. The average Bonchev–Trinajstić information content (AvgIpc) is 3.31. The Labute approximate surface area is 246 Å². The van der Waals surface area contributed by atoms with Crippen LogP contribution in [0.4, 0.5) is 4.79 Å². The van der Waals surface area contributed by atoms with E-state index in [1.54, 1.807) is 6.92 Å². The van der Waals surface area contributed by atoms with Crippen molar-refractivity contribution in [3.8, 4) is 11.1 Å². The van der Waals surface area contributed by atoms with Crippen molar-refractivity contribution in [3.63, 3.8) is 0 Å². The lowest BCUT2D eigenvalue weighted by molar-refractivity contribution is -0.148. The van der Waals surface area contributed by atoms with E-state index < -0.39 is 35.7 Å². The van der Waals surface area contributed by atoms with Gasteiger partial charge in [0.15, 0.2) is 6.04 Å². The number of fused-ring (bicyclic) bond motifs is 3. The van der Waals surface area contributed by atoms with Gasteiger partial charge in [-0.3, -0.25) is 4.79 Å². The van der Waals surface area contributed by atoms with Crippen molar-refractivity contribution in [1.82, 2.24) is 10.6 Å². The summed E-state index contributed by atoms with van der Waals surface area (Å²) < 4.78 is 11.6. The highest BCUT2D eigenvalue weighted by atomic mass is 16.5. The van der Waals surface area contributed by atoms with Crippen molar-refractivity contribution in [2.45, 2.75) is 69.7 Å². The summed E-state index contributed by atoms with van der Waals surface area (Å²) in [6.07, 6.45) is 0.907. The zero-order valence-corrected chi connectivity index (χ0v) is 24.0. The number of nitrogens with one attached hydrogen (secondary N) is 2. The van der Waals surface area contributed by atoms with E-state index in [0.29, 0.717) is 12.8 Å². The molecule has 0 bridgehead atoms. The van der Waals surface area contributed by atoms with E-state index in [4.69, 9.17) is 9.47 Å². The van der Waals surface area contributed by atoms with Gasteiger partial charge in [-0.2, -0.15) is 0 Å². The van der Waals surface area contributed by atoms with Crippen LogP contribution in [0.1, 0.15) is 62.1 Å². The molecule has 3 aromatic carbocycles. The maximum Gasteiger partial charge on any atom is 0.408 e. The molecule has 2 unspecified atom stereocenters. The molecule has 8 nitrogen and oxygen atoms in total. The van der Waals surface area contributed by atoms with Crippen molar-refractivity contribution in [1.29, 1.82) is 0 Å². The molecule has 2 aliphatic carbocycles. The smallest absolute Gasteiger partial charge is 0.408 e. The van der Waals surface area contributed by atoms with Gasteiger partial charge >= 0.3 is 12.1 Å². The number of carbonyl (C=O) groups is 3. The minimum absolute atomic E-state index is 0.114. The third-order valence-corrected chi connectivity index (χ3v) is 8.49. The van der Waals surface area contributed by atoms with E-state index in [2.05, 4.69) is 22.8 Å². The minimum atomic E-state index is -1.29. The largest absolute Gasteiger partial charge is 0.480 e. The van der Waals surface area contributed by atoms with Crippen molar-refractivity contribution >= 4 is 18.0 Å². The second-order valence-corrected chi connectivity index (χ2v) is 11.5. The summed E-state index contributed by atoms with van der Waals surface area (Å²) in [4.78, 5) is 39.3. The number of alkyl carbamates (subject to hydrolysis) is 1. The maximum atomic E-state index is 13.8. The van der Waals surface area contributed by atoms with E-state index in [1.807, 2.05) is 73.7 Å². The lowest BCUT2D eigenvalue weighted by Gasteiger charge is -2.40. The van der Waals surface area contributed by atoms with Crippen LogP contribution >= 0.6 is 0 Å². The zero-order chi connectivity index (χ0) is 29.7. The fourth-order valence-electron chi connectivity index (χ4n) is 6.32. The molecule has 3 N–H and O–H groups in total. The van der Waals surface area contributed by atoms with Crippen LogP contribution in [-0.2, 0) is 25.7 Å². The molecule has 1 saturated carbocycles. The van der Waals surface area contributed by atoms with Crippen LogP contribution in [0.15, 0.2) is 78.9 Å². The number of carboxylic acid groups (broad SMARTS) is 1. The number of carboxylic acids is 1. The molecule has 2 amide bonds. The number of amides is 2. The molecule has 0 spiro atoms. The number of rotatable bonds is 10. The summed E-state index contributed by atoms with van der Waals surface area (Å²) in [6.45, 7) is 3.98. The minimum Gasteiger partial charge on any atom is -0.480 e. The molecular weight excluding hydrogens is 532 g/mol. The molecule has 0 saturated heterocycles. The van der Waals surface area contributed by atoms with Gasteiger partial charge in [-0.1, -0.05) is 98.6 Å². The Morgan fingerprint density at radius 2 is 1.57 bits per heavy atom. The molecule has 0 aromatic heterocycles. The topological polar surface area (TPSA) is 114 Å². The van der Waals surface area contributed by atoms with E-state index in [1.165, 1.54) is 0 Å². The molecule has 220 valence electrons. The fourth-order valence-corrected chi connectivity index (χ4v) is 6.32. The third kappa shape index (κ3) is 6.34. The SMILES string of the molecule is CC1CCCC(NC(=O)OCC2c3ccccc3-c3ccccc32)(C(=O)N[C@H](C(=O)O)[C@@H](C)OCc2ccccc2)C1. The van der Waals surface area contributed by atoms with Crippen LogP contribution in [0.5, 0.6) is 0 Å².